The second-order valence-electron chi connectivity index (χ2n) is 8.73. The molecule has 2 N–H and O–H groups in total. The molecule has 31 heavy (non-hydrogen) atoms. The van der Waals surface area contributed by atoms with E-state index in [0.717, 1.165) is 30.3 Å². The van der Waals surface area contributed by atoms with Crippen molar-refractivity contribution in [2.75, 3.05) is 17.7 Å². The summed E-state index contributed by atoms with van der Waals surface area (Å²) in [6.07, 6.45) is 6.87. The maximum absolute atomic E-state index is 12.6. The maximum Gasteiger partial charge on any atom is 0.356 e. The van der Waals surface area contributed by atoms with Gasteiger partial charge in [0, 0.05) is 24.9 Å². The molecule has 7 nitrogen and oxygen atoms in total. The molecule has 1 amide bonds. The minimum atomic E-state index is -0.491. The largest absolute Gasteiger partial charge is 0.464 e. The zero-order valence-corrected chi connectivity index (χ0v) is 19.8. The molecule has 0 aliphatic carbocycles. The van der Waals surface area contributed by atoms with E-state index < -0.39 is 5.97 Å². The highest BCUT2D eigenvalue weighted by Gasteiger charge is 2.25. The summed E-state index contributed by atoms with van der Waals surface area (Å²) >= 11 is 0. The van der Waals surface area contributed by atoms with E-state index in [4.69, 9.17) is 4.74 Å². The van der Waals surface area contributed by atoms with Gasteiger partial charge < -0.3 is 19.9 Å². The summed E-state index contributed by atoms with van der Waals surface area (Å²) in [6, 6.07) is 2.20. The molecule has 0 aromatic carbocycles. The van der Waals surface area contributed by atoms with Crippen LogP contribution in [0.25, 0.3) is 11.0 Å². The Kier molecular flexibility index (Phi) is 8.65. The number of esters is 1. The van der Waals surface area contributed by atoms with Crippen LogP contribution in [0.2, 0.25) is 0 Å². The predicted octanol–water partition coefficient (Wildman–Crippen LogP) is 5.37. The van der Waals surface area contributed by atoms with Crippen molar-refractivity contribution >= 4 is 34.3 Å². The molecule has 0 unspecified atom stereocenters. The number of hydrogen-bond donors (Lipinski definition) is 2. The number of aromatic nitrogens is 2. The Labute approximate surface area is 185 Å². The molecular formula is C24H36N4O3. The van der Waals surface area contributed by atoms with Crippen LogP contribution in [0.15, 0.2) is 23.9 Å². The van der Waals surface area contributed by atoms with Crippen LogP contribution in [0.4, 0.5) is 11.4 Å². The lowest BCUT2D eigenvalue weighted by molar-refractivity contribution is -0.114. The third-order valence-corrected chi connectivity index (χ3v) is 5.07. The fraction of sp³-hybridized carbons (Fsp3) is 0.542. The van der Waals surface area contributed by atoms with Crippen molar-refractivity contribution in [1.29, 1.82) is 0 Å². The second-order valence-corrected chi connectivity index (χ2v) is 8.73. The Hall–Kier alpha value is -2.83. The Balaban J connectivity index is 2.49. The van der Waals surface area contributed by atoms with Gasteiger partial charge in [0.15, 0.2) is 5.69 Å². The summed E-state index contributed by atoms with van der Waals surface area (Å²) in [5, 5.41) is 7.03. The minimum Gasteiger partial charge on any atom is -0.464 e. The zero-order valence-electron chi connectivity index (χ0n) is 19.8. The first-order chi connectivity index (χ1) is 14.6. The first kappa shape index (κ1) is 24.4. The highest BCUT2D eigenvalue weighted by atomic mass is 16.5. The quantitative estimate of drug-likeness (QED) is 0.392. The molecule has 2 rings (SSSR count). The van der Waals surface area contributed by atoms with E-state index >= 15 is 0 Å². The summed E-state index contributed by atoms with van der Waals surface area (Å²) in [4.78, 5) is 29.2. The molecule has 1 atom stereocenters. The average molecular weight is 429 g/mol. The smallest absolute Gasteiger partial charge is 0.356 e. The number of nitrogens with one attached hydrogen (secondary N) is 2. The van der Waals surface area contributed by atoms with Crippen LogP contribution in [-0.2, 0) is 16.1 Å². The summed E-state index contributed by atoms with van der Waals surface area (Å²) in [7, 11) is 1.35. The van der Waals surface area contributed by atoms with E-state index in [1.807, 2.05) is 10.6 Å². The van der Waals surface area contributed by atoms with Crippen LogP contribution < -0.4 is 10.6 Å². The molecule has 0 spiro atoms. The number of carbonyl (C=O) groups is 2. The van der Waals surface area contributed by atoms with Gasteiger partial charge in [-0.25, -0.2) is 9.78 Å². The standard InChI is InChI=1S/C24H36N4O3/c1-15(2)9-8-10-17(5)26-19-13-20-21(27-18(6)29)22(24(30)31-7)28(12-11-16(3)4)23(20)25-14-19/h9,13-14,16-17,26H,8,10-12H2,1-7H3,(H,27,29)/t17-/m0/s1. The van der Waals surface area contributed by atoms with Crippen LogP contribution in [0.5, 0.6) is 0 Å². The average Bonchev–Trinajstić information content (AvgIpc) is 2.97. The van der Waals surface area contributed by atoms with Crippen molar-refractivity contribution in [3.05, 3.63) is 29.6 Å². The number of allylic oxidation sites excluding steroid dienone is 2. The number of amides is 1. The van der Waals surface area contributed by atoms with Gasteiger partial charge in [-0.05, 0) is 52.0 Å². The topological polar surface area (TPSA) is 85.2 Å². The van der Waals surface area contributed by atoms with Crippen molar-refractivity contribution in [3.63, 3.8) is 0 Å². The fourth-order valence-corrected chi connectivity index (χ4v) is 3.50. The lowest BCUT2D eigenvalue weighted by Gasteiger charge is -2.14. The van der Waals surface area contributed by atoms with Gasteiger partial charge in [-0.3, -0.25) is 4.79 Å². The fourth-order valence-electron chi connectivity index (χ4n) is 3.50. The van der Waals surface area contributed by atoms with Crippen LogP contribution in [0.3, 0.4) is 0 Å². The molecule has 0 radical (unpaired) electrons. The van der Waals surface area contributed by atoms with Crippen molar-refractivity contribution in [1.82, 2.24) is 9.55 Å². The summed E-state index contributed by atoms with van der Waals surface area (Å²) < 4.78 is 6.89. The number of methoxy groups -OCH3 is 1. The number of aryl methyl sites for hydroxylation is 1. The van der Waals surface area contributed by atoms with Crippen LogP contribution >= 0.6 is 0 Å². The number of ether oxygens (including phenoxy) is 1. The Bertz CT molecular complexity index is 955. The normalized spacial score (nSPS) is 12.0. The molecule has 2 heterocycles. The van der Waals surface area contributed by atoms with Crippen LogP contribution in [0, 0.1) is 5.92 Å². The van der Waals surface area contributed by atoms with E-state index in [1.165, 1.54) is 19.6 Å². The van der Waals surface area contributed by atoms with Gasteiger partial charge in [0.1, 0.15) is 5.65 Å². The van der Waals surface area contributed by atoms with Crippen molar-refractivity contribution in [3.8, 4) is 0 Å². The van der Waals surface area contributed by atoms with E-state index in [2.05, 4.69) is 56.3 Å². The van der Waals surface area contributed by atoms with Gasteiger partial charge in [-0.1, -0.05) is 25.5 Å². The van der Waals surface area contributed by atoms with E-state index in [9.17, 15) is 9.59 Å². The number of rotatable bonds is 10. The third kappa shape index (κ3) is 6.57. The van der Waals surface area contributed by atoms with Gasteiger partial charge >= 0.3 is 5.97 Å². The highest BCUT2D eigenvalue weighted by molar-refractivity contribution is 6.10. The number of hydrogen-bond acceptors (Lipinski definition) is 5. The summed E-state index contributed by atoms with van der Waals surface area (Å²) in [5.74, 6) is -0.286. The molecule has 2 aromatic rings. The molecule has 0 saturated heterocycles. The van der Waals surface area contributed by atoms with Crippen molar-refractivity contribution < 1.29 is 14.3 Å². The monoisotopic (exact) mass is 428 g/mol. The maximum atomic E-state index is 12.6. The number of carbonyl (C=O) groups excluding carboxylic acids is 2. The van der Waals surface area contributed by atoms with Crippen molar-refractivity contribution in [2.24, 2.45) is 5.92 Å². The van der Waals surface area contributed by atoms with Gasteiger partial charge in [0.05, 0.1) is 24.7 Å². The zero-order chi connectivity index (χ0) is 23.1. The lowest BCUT2D eigenvalue weighted by Crippen LogP contribution is -2.16. The second kappa shape index (κ2) is 11.0. The van der Waals surface area contributed by atoms with E-state index in [1.54, 1.807) is 6.20 Å². The molecule has 0 bridgehead atoms. The molecule has 0 saturated carbocycles. The Morgan fingerprint density at radius 3 is 2.48 bits per heavy atom. The van der Waals surface area contributed by atoms with Gasteiger partial charge in [-0.15, -0.1) is 0 Å². The van der Waals surface area contributed by atoms with E-state index in [0.29, 0.717) is 29.5 Å². The predicted molar refractivity (Wildman–Crippen MR) is 127 cm³/mol. The SMILES string of the molecule is COC(=O)c1c(NC(C)=O)c2cc(N[C@@H](C)CCC=C(C)C)cnc2n1CCC(C)C. The molecule has 2 aromatic heterocycles. The first-order valence-electron chi connectivity index (χ1n) is 10.9. The van der Waals surface area contributed by atoms with Crippen LogP contribution in [0.1, 0.15) is 71.3 Å². The number of nitrogens with zero attached hydrogens (tertiary/aromatic N) is 2. The number of pyridine rings is 1. The Morgan fingerprint density at radius 1 is 1.19 bits per heavy atom. The molecule has 0 fully saturated rings. The van der Waals surface area contributed by atoms with Gasteiger partial charge in [0.2, 0.25) is 5.91 Å². The molecule has 0 aliphatic rings. The summed E-state index contributed by atoms with van der Waals surface area (Å²) in [6.45, 7) is 12.6. The van der Waals surface area contributed by atoms with Gasteiger partial charge in [-0.2, -0.15) is 0 Å². The lowest BCUT2D eigenvalue weighted by atomic mass is 10.1. The Morgan fingerprint density at radius 2 is 1.90 bits per heavy atom. The van der Waals surface area contributed by atoms with E-state index in [-0.39, 0.29) is 11.9 Å². The third-order valence-electron chi connectivity index (χ3n) is 5.07. The number of fused-ring (bicyclic) bond motifs is 1. The molecular weight excluding hydrogens is 392 g/mol. The minimum absolute atomic E-state index is 0.249. The van der Waals surface area contributed by atoms with Gasteiger partial charge in [0.25, 0.3) is 0 Å². The van der Waals surface area contributed by atoms with Crippen molar-refractivity contribution in [2.45, 2.75) is 73.4 Å². The molecule has 170 valence electrons. The highest BCUT2D eigenvalue weighted by Crippen LogP contribution is 2.33. The molecule has 0 aliphatic heterocycles. The summed E-state index contributed by atoms with van der Waals surface area (Å²) in [5.41, 5.74) is 3.60. The first-order valence-corrected chi connectivity index (χ1v) is 10.9. The number of anilines is 2. The van der Waals surface area contributed by atoms with Crippen LogP contribution in [-0.4, -0.2) is 34.6 Å². The molecule has 7 heteroatoms.